The van der Waals surface area contributed by atoms with Crippen molar-refractivity contribution in [3.63, 3.8) is 0 Å². The van der Waals surface area contributed by atoms with E-state index in [-0.39, 0.29) is 0 Å². The molecule has 1 saturated heterocycles. The van der Waals surface area contributed by atoms with Gasteiger partial charge in [0.25, 0.3) is 0 Å². The van der Waals surface area contributed by atoms with Gasteiger partial charge < -0.3 is 19.7 Å². The predicted molar refractivity (Wildman–Crippen MR) is 114 cm³/mol. The molecule has 1 atom stereocenters. The third-order valence-electron chi connectivity index (χ3n) is 5.59. The van der Waals surface area contributed by atoms with Crippen molar-refractivity contribution in [2.75, 3.05) is 66.2 Å². The van der Waals surface area contributed by atoms with Crippen LogP contribution in [-0.4, -0.2) is 82.0 Å². The van der Waals surface area contributed by atoms with Crippen molar-refractivity contribution in [1.29, 1.82) is 0 Å². The molecule has 6 nitrogen and oxygen atoms in total. The van der Waals surface area contributed by atoms with Gasteiger partial charge in [-0.3, -0.25) is 9.89 Å². The second-order valence-corrected chi connectivity index (χ2v) is 7.70. The first-order chi connectivity index (χ1) is 13.8. The maximum Gasteiger partial charge on any atom is 0.193 e. The monoisotopic (exact) mass is 388 g/mol. The van der Waals surface area contributed by atoms with Crippen molar-refractivity contribution in [3.8, 4) is 0 Å². The Morgan fingerprint density at radius 1 is 1.21 bits per heavy atom. The number of ether oxygens (including phenoxy) is 2. The number of benzene rings is 1. The van der Waals surface area contributed by atoms with Gasteiger partial charge >= 0.3 is 0 Å². The third-order valence-corrected chi connectivity index (χ3v) is 5.59. The highest BCUT2D eigenvalue weighted by Gasteiger charge is 2.25. The van der Waals surface area contributed by atoms with Crippen molar-refractivity contribution in [3.05, 3.63) is 35.4 Å². The maximum absolute atomic E-state index is 5.72. The van der Waals surface area contributed by atoms with Gasteiger partial charge in [0.1, 0.15) is 0 Å². The van der Waals surface area contributed by atoms with Gasteiger partial charge in [0.15, 0.2) is 5.96 Å². The molecule has 0 saturated carbocycles. The van der Waals surface area contributed by atoms with E-state index in [0.717, 1.165) is 64.8 Å². The van der Waals surface area contributed by atoms with E-state index in [9.17, 15) is 0 Å². The van der Waals surface area contributed by atoms with Gasteiger partial charge in [-0.1, -0.05) is 24.3 Å². The van der Waals surface area contributed by atoms with Gasteiger partial charge in [-0.2, -0.15) is 0 Å². The number of nitrogens with zero attached hydrogens (tertiary/aromatic N) is 3. The van der Waals surface area contributed by atoms with Gasteiger partial charge in [0.2, 0.25) is 0 Å². The number of nitrogens with one attached hydrogen (secondary N) is 1. The number of guanidine groups is 1. The Hall–Kier alpha value is -1.63. The summed E-state index contributed by atoms with van der Waals surface area (Å²) in [5, 5.41) is 3.47. The summed E-state index contributed by atoms with van der Waals surface area (Å²) in [4.78, 5) is 9.83. The Kier molecular flexibility index (Phi) is 8.58. The molecule has 0 bridgehead atoms. The van der Waals surface area contributed by atoms with Gasteiger partial charge in [-0.25, -0.2) is 0 Å². The Balaban J connectivity index is 1.44. The fraction of sp³-hybridized carbons (Fsp3) is 0.682. The zero-order valence-corrected chi connectivity index (χ0v) is 17.5. The number of hydrogen-bond acceptors (Lipinski definition) is 4. The van der Waals surface area contributed by atoms with Gasteiger partial charge in [0, 0.05) is 52.3 Å². The minimum atomic E-state index is 0.583. The molecular weight excluding hydrogens is 352 g/mol. The topological polar surface area (TPSA) is 49.3 Å². The molecule has 1 aromatic carbocycles. The van der Waals surface area contributed by atoms with E-state index >= 15 is 0 Å². The molecule has 0 aromatic heterocycles. The predicted octanol–water partition coefficient (Wildman–Crippen LogP) is 2.00. The molecule has 156 valence electrons. The summed E-state index contributed by atoms with van der Waals surface area (Å²) < 4.78 is 10.8. The van der Waals surface area contributed by atoms with Crippen molar-refractivity contribution in [2.24, 2.45) is 10.9 Å². The lowest BCUT2D eigenvalue weighted by molar-refractivity contribution is 0.0536. The number of aliphatic imine (C=N–C) groups is 1. The lowest BCUT2D eigenvalue weighted by Gasteiger charge is -2.28. The van der Waals surface area contributed by atoms with Crippen LogP contribution in [0, 0.1) is 5.92 Å². The Labute approximate surface area is 169 Å². The van der Waals surface area contributed by atoms with Crippen LogP contribution in [0.15, 0.2) is 29.3 Å². The largest absolute Gasteiger partial charge is 0.382 e. The van der Waals surface area contributed by atoms with Crippen LogP contribution in [0.1, 0.15) is 24.5 Å². The molecule has 0 amide bonds. The van der Waals surface area contributed by atoms with E-state index in [4.69, 9.17) is 14.5 Å². The number of methoxy groups -OCH3 is 1. The maximum atomic E-state index is 5.72. The molecule has 28 heavy (non-hydrogen) atoms. The summed E-state index contributed by atoms with van der Waals surface area (Å²) in [6.45, 7) is 11.3. The summed E-state index contributed by atoms with van der Waals surface area (Å²) in [7, 11) is 1.71. The third kappa shape index (κ3) is 6.19. The van der Waals surface area contributed by atoms with Crippen LogP contribution >= 0.6 is 0 Å². The summed E-state index contributed by atoms with van der Waals surface area (Å²) in [5.41, 5.74) is 2.98. The SMILES string of the molecule is CCNC(=NCCN1CCc2ccccc2C1)N1CCC(COCCOC)C1. The summed E-state index contributed by atoms with van der Waals surface area (Å²) in [5.74, 6) is 1.64. The fourth-order valence-corrected chi connectivity index (χ4v) is 4.02. The van der Waals surface area contributed by atoms with Crippen LogP contribution < -0.4 is 5.32 Å². The smallest absolute Gasteiger partial charge is 0.193 e. The number of likely N-dealkylation sites (tertiary alicyclic amines) is 1. The van der Waals surface area contributed by atoms with Crippen molar-refractivity contribution in [2.45, 2.75) is 26.3 Å². The van der Waals surface area contributed by atoms with E-state index in [1.54, 1.807) is 7.11 Å². The molecule has 1 N–H and O–H groups in total. The summed E-state index contributed by atoms with van der Waals surface area (Å²) in [6, 6.07) is 8.81. The van der Waals surface area contributed by atoms with Crippen LogP contribution in [0.2, 0.25) is 0 Å². The summed E-state index contributed by atoms with van der Waals surface area (Å²) >= 11 is 0. The van der Waals surface area contributed by atoms with Crippen molar-refractivity contribution in [1.82, 2.24) is 15.1 Å². The molecule has 1 fully saturated rings. The fourth-order valence-electron chi connectivity index (χ4n) is 4.02. The molecular formula is C22H36N4O2. The van der Waals surface area contributed by atoms with E-state index < -0.39 is 0 Å². The first kappa shape index (κ1) is 21.1. The van der Waals surface area contributed by atoms with Crippen LogP contribution in [0.3, 0.4) is 0 Å². The standard InChI is InChI=1S/C22H36N4O2/c1-3-23-22(26-12-8-19(16-26)18-28-15-14-27-2)24-10-13-25-11-9-20-6-4-5-7-21(20)17-25/h4-7,19H,3,8-18H2,1-2H3,(H,23,24). The highest BCUT2D eigenvalue weighted by molar-refractivity contribution is 5.80. The normalized spacial score (nSPS) is 20.4. The second kappa shape index (κ2) is 11.4. The molecule has 2 heterocycles. The molecule has 0 radical (unpaired) electrons. The van der Waals surface area contributed by atoms with E-state index in [1.807, 2.05) is 0 Å². The average Bonchev–Trinajstić information content (AvgIpc) is 3.19. The highest BCUT2D eigenvalue weighted by Crippen LogP contribution is 2.19. The number of rotatable bonds is 9. The minimum absolute atomic E-state index is 0.583. The molecule has 2 aliphatic rings. The second-order valence-electron chi connectivity index (χ2n) is 7.70. The van der Waals surface area contributed by atoms with Crippen LogP contribution in [0.4, 0.5) is 0 Å². The highest BCUT2D eigenvalue weighted by atomic mass is 16.5. The first-order valence-corrected chi connectivity index (χ1v) is 10.7. The molecule has 0 aliphatic carbocycles. The van der Waals surface area contributed by atoms with E-state index in [0.29, 0.717) is 19.1 Å². The zero-order valence-electron chi connectivity index (χ0n) is 17.5. The van der Waals surface area contributed by atoms with Crippen LogP contribution in [0.25, 0.3) is 0 Å². The minimum Gasteiger partial charge on any atom is -0.382 e. The molecule has 3 rings (SSSR count). The average molecular weight is 389 g/mol. The number of fused-ring (bicyclic) bond motifs is 1. The van der Waals surface area contributed by atoms with E-state index in [1.165, 1.54) is 17.5 Å². The van der Waals surface area contributed by atoms with Crippen molar-refractivity contribution >= 4 is 5.96 Å². The Morgan fingerprint density at radius 3 is 2.89 bits per heavy atom. The first-order valence-electron chi connectivity index (χ1n) is 10.7. The van der Waals surface area contributed by atoms with Crippen molar-refractivity contribution < 1.29 is 9.47 Å². The Morgan fingerprint density at radius 2 is 2.07 bits per heavy atom. The van der Waals surface area contributed by atoms with Crippen LogP contribution in [0.5, 0.6) is 0 Å². The zero-order chi connectivity index (χ0) is 19.6. The Bertz CT molecular complexity index is 622. The lowest BCUT2D eigenvalue weighted by atomic mass is 10.00. The van der Waals surface area contributed by atoms with Crippen LogP contribution in [-0.2, 0) is 22.4 Å². The lowest BCUT2D eigenvalue weighted by Crippen LogP contribution is -2.41. The quantitative estimate of drug-likeness (QED) is 0.398. The van der Waals surface area contributed by atoms with Gasteiger partial charge in [-0.05, 0) is 30.9 Å². The molecule has 1 aromatic rings. The van der Waals surface area contributed by atoms with E-state index in [2.05, 4.69) is 46.3 Å². The molecule has 2 aliphatic heterocycles. The molecule has 0 spiro atoms. The number of hydrogen-bond donors (Lipinski definition) is 1. The molecule has 1 unspecified atom stereocenters. The summed E-state index contributed by atoms with van der Waals surface area (Å²) in [6.07, 6.45) is 2.32. The van der Waals surface area contributed by atoms with Gasteiger partial charge in [0.05, 0.1) is 26.4 Å². The van der Waals surface area contributed by atoms with Gasteiger partial charge in [-0.15, -0.1) is 0 Å². The molecule has 6 heteroatoms.